The smallest absolute Gasteiger partial charge is 0.255 e. The lowest BCUT2D eigenvalue weighted by atomic mass is 10.0. The first kappa shape index (κ1) is 34.2. The Balaban J connectivity index is 1.70. The van der Waals surface area contributed by atoms with Gasteiger partial charge in [0.15, 0.2) is 11.5 Å². The molecular weight excluding hydrogens is 564 g/mol. The van der Waals surface area contributed by atoms with Gasteiger partial charge in [0, 0.05) is 19.5 Å². The maximum absolute atomic E-state index is 13.3. The molecule has 0 aliphatic carbocycles. The molecule has 11 nitrogen and oxygen atoms in total. The molecule has 4 amide bonds. The first-order chi connectivity index (χ1) is 21.2. The standard InChI is InChI=1S/C33H46N4O7/c1-5-43-28-15-13-23(21-29(28)42-4)10-8-17-34-32(40)25-14-16-30(38)36-26(20-22(2)3)33(41)35-18-9-19-44-27-12-7-6-11-24(27)31(39)37-25/h6-7,11-13,15,21-22,25-26H,5,8-10,14,16-20H2,1-4H3,(H,34,40)(H,35,41)(H,36,38)(H,37,39)/t25-,26-/m0/s1. The Hall–Kier alpha value is -4.28. The van der Waals surface area contributed by atoms with Crippen molar-refractivity contribution in [3.05, 3.63) is 53.6 Å². The molecule has 2 aromatic carbocycles. The highest BCUT2D eigenvalue weighted by molar-refractivity contribution is 5.99. The number of amides is 4. The van der Waals surface area contributed by atoms with Crippen LogP contribution in [0.3, 0.4) is 0 Å². The van der Waals surface area contributed by atoms with Gasteiger partial charge in [0.1, 0.15) is 17.8 Å². The second kappa shape index (κ2) is 17.7. The summed E-state index contributed by atoms with van der Waals surface area (Å²) in [6, 6.07) is 10.9. The van der Waals surface area contributed by atoms with Gasteiger partial charge in [-0.05, 0) is 74.8 Å². The molecule has 1 aliphatic heterocycles. The molecule has 0 unspecified atom stereocenters. The van der Waals surface area contributed by atoms with Crippen LogP contribution in [0.15, 0.2) is 42.5 Å². The third-order valence-corrected chi connectivity index (χ3v) is 7.12. The van der Waals surface area contributed by atoms with Gasteiger partial charge in [-0.25, -0.2) is 0 Å². The van der Waals surface area contributed by atoms with Crippen LogP contribution in [0, 0.1) is 5.92 Å². The van der Waals surface area contributed by atoms with Crippen LogP contribution in [0.5, 0.6) is 17.2 Å². The number of rotatable bonds is 10. The zero-order valence-corrected chi connectivity index (χ0v) is 26.2. The third-order valence-electron chi connectivity index (χ3n) is 7.12. The summed E-state index contributed by atoms with van der Waals surface area (Å²) >= 11 is 0. The highest BCUT2D eigenvalue weighted by atomic mass is 16.5. The quantitative estimate of drug-likeness (QED) is 0.303. The van der Waals surface area contributed by atoms with Crippen molar-refractivity contribution in [1.29, 1.82) is 0 Å². The molecule has 2 aromatic rings. The summed E-state index contributed by atoms with van der Waals surface area (Å²) < 4.78 is 16.9. The molecule has 0 saturated carbocycles. The molecule has 0 bridgehead atoms. The Morgan fingerprint density at radius 1 is 1.09 bits per heavy atom. The number of para-hydroxylation sites is 1. The van der Waals surface area contributed by atoms with E-state index in [1.807, 2.05) is 39.0 Å². The summed E-state index contributed by atoms with van der Waals surface area (Å²) in [6.07, 6.45) is 2.32. The predicted molar refractivity (Wildman–Crippen MR) is 167 cm³/mol. The predicted octanol–water partition coefficient (Wildman–Crippen LogP) is 3.15. The molecule has 0 spiro atoms. The van der Waals surface area contributed by atoms with E-state index in [1.54, 1.807) is 31.4 Å². The van der Waals surface area contributed by atoms with E-state index in [4.69, 9.17) is 14.2 Å². The molecule has 0 aromatic heterocycles. The number of methoxy groups -OCH3 is 1. The Kier molecular flexibility index (Phi) is 13.8. The molecular formula is C33H46N4O7. The molecule has 11 heteroatoms. The maximum atomic E-state index is 13.3. The van der Waals surface area contributed by atoms with Crippen LogP contribution in [0.2, 0.25) is 0 Å². The number of nitrogens with one attached hydrogen (secondary N) is 4. The minimum atomic E-state index is -0.975. The summed E-state index contributed by atoms with van der Waals surface area (Å²) in [7, 11) is 1.59. The minimum absolute atomic E-state index is 0.0512. The Morgan fingerprint density at radius 3 is 2.64 bits per heavy atom. The van der Waals surface area contributed by atoms with E-state index in [0.717, 1.165) is 5.56 Å². The van der Waals surface area contributed by atoms with Crippen molar-refractivity contribution < 1.29 is 33.4 Å². The number of hydrogen-bond donors (Lipinski definition) is 4. The van der Waals surface area contributed by atoms with E-state index in [1.165, 1.54) is 0 Å². The topological polar surface area (TPSA) is 144 Å². The largest absolute Gasteiger partial charge is 0.493 e. The molecule has 0 saturated heterocycles. The normalized spacial score (nSPS) is 18.2. The van der Waals surface area contributed by atoms with Gasteiger partial charge < -0.3 is 35.5 Å². The van der Waals surface area contributed by atoms with E-state index in [0.29, 0.717) is 62.6 Å². The van der Waals surface area contributed by atoms with Gasteiger partial charge in [0.25, 0.3) is 5.91 Å². The molecule has 4 N–H and O–H groups in total. The van der Waals surface area contributed by atoms with Crippen LogP contribution in [-0.2, 0) is 20.8 Å². The fourth-order valence-corrected chi connectivity index (χ4v) is 4.89. The van der Waals surface area contributed by atoms with Crippen molar-refractivity contribution >= 4 is 23.6 Å². The Labute approximate surface area is 259 Å². The molecule has 3 rings (SSSR count). The van der Waals surface area contributed by atoms with Crippen LogP contribution in [0.1, 0.15) is 68.8 Å². The number of benzene rings is 2. The van der Waals surface area contributed by atoms with Crippen molar-refractivity contribution in [1.82, 2.24) is 21.3 Å². The summed E-state index contributed by atoms with van der Waals surface area (Å²) in [5.41, 5.74) is 1.32. The first-order valence-electron chi connectivity index (χ1n) is 15.4. The van der Waals surface area contributed by atoms with E-state index in [-0.39, 0.29) is 42.7 Å². The number of aryl methyl sites for hydroxylation is 1. The average molecular weight is 611 g/mol. The molecule has 0 fully saturated rings. The van der Waals surface area contributed by atoms with Gasteiger partial charge in [-0.15, -0.1) is 0 Å². The van der Waals surface area contributed by atoms with Gasteiger partial charge in [0.05, 0.1) is 25.9 Å². The zero-order chi connectivity index (χ0) is 31.9. The lowest BCUT2D eigenvalue weighted by Gasteiger charge is -2.22. The number of ether oxygens (including phenoxy) is 3. The van der Waals surface area contributed by atoms with E-state index in [2.05, 4.69) is 21.3 Å². The molecule has 44 heavy (non-hydrogen) atoms. The number of carbonyl (C=O) groups is 4. The average Bonchev–Trinajstić information content (AvgIpc) is 3.00. The van der Waals surface area contributed by atoms with Gasteiger partial charge in [0.2, 0.25) is 17.7 Å². The van der Waals surface area contributed by atoms with Gasteiger partial charge in [-0.1, -0.05) is 32.0 Å². The SMILES string of the molecule is CCOc1ccc(CCCNC(=O)[C@@H]2CCC(=O)N[C@@H](CC(C)C)C(=O)NCCCOc3ccccc3C(=O)N2)cc1OC. The number of carbonyl (C=O) groups excluding carboxylic acids is 4. The highest BCUT2D eigenvalue weighted by Gasteiger charge is 2.26. The van der Waals surface area contributed by atoms with E-state index in [9.17, 15) is 19.2 Å². The summed E-state index contributed by atoms with van der Waals surface area (Å²) in [5, 5.41) is 11.4. The highest BCUT2D eigenvalue weighted by Crippen LogP contribution is 2.28. The van der Waals surface area contributed by atoms with Gasteiger partial charge in [-0.2, -0.15) is 0 Å². The minimum Gasteiger partial charge on any atom is -0.493 e. The molecule has 0 radical (unpaired) electrons. The number of hydrogen-bond acceptors (Lipinski definition) is 7. The van der Waals surface area contributed by atoms with Crippen LogP contribution in [0.4, 0.5) is 0 Å². The Morgan fingerprint density at radius 2 is 1.89 bits per heavy atom. The molecule has 240 valence electrons. The monoisotopic (exact) mass is 610 g/mol. The summed E-state index contributed by atoms with van der Waals surface area (Å²) in [5.74, 6) is 0.395. The lowest BCUT2D eigenvalue weighted by Crippen LogP contribution is -2.49. The van der Waals surface area contributed by atoms with Crippen LogP contribution in [-0.4, -0.2) is 69.1 Å². The first-order valence-corrected chi connectivity index (χ1v) is 15.4. The van der Waals surface area contributed by atoms with Crippen LogP contribution >= 0.6 is 0 Å². The van der Waals surface area contributed by atoms with Gasteiger partial charge >= 0.3 is 0 Å². The fraction of sp³-hybridized carbons (Fsp3) is 0.515. The lowest BCUT2D eigenvalue weighted by molar-refractivity contribution is -0.129. The summed E-state index contributed by atoms with van der Waals surface area (Å²) in [6.45, 7) is 7.41. The zero-order valence-electron chi connectivity index (χ0n) is 26.2. The number of fused-ring (bicyclic) bond motifs is 1. The van der Waals surface area contributed by atoms with E-state index >= 15 is 0 Å². The second-order valence-electron chi connectivity index (χ2n) is 11.1. The maximum Gasteiger partial charge on any atom is 0.255 e. The fourth-order valence-electron chi connectivity index (χ4n) is 4.89. The van der Waals surface area contributed by atoms with Crippen molar-refractivity contribution in [3.8, 4) is 17.2 Å². The summed E-state index contributed by atoms with van der Waals surface area (Å²) in [4.78, 5) is 52.4. The molecule has 1 heterocycles. The molecule has 2 atom stereocenters. The third kappa shape index (κ3) is 10.8. The van der Waals surface area contributed by atoms with E-state index < -0.39 is 23.9 Å². The van der Waals surface area contributed by atoms with Crippen LogP contribution in [0.25, 0.3) is 0 Å². The Bertz CT molecular complexity index is 1270. The second-order valence-corrected chi connectivity index (χ2v) is 11.1. The van der Waals surface area contributed by atoms with Crippen molar-refractivity contribution in [2.24, 2.45) is 5.92 Å². The van der Waals surface area contributed by atoms with Crippen LogP contribution < -0.4 is 35.5 Å². The van der Waals surface area contributed by atoms with Crippen molar-refractivity contribution in [2.45, 2.75) is 71.4 Å². The van der Waals surface area contributed by atoms with Gasteiger partial charge in [-0.3, -0.25) is 19.2 Å². The van der Waals surface area contributed by atoms with Crippen molar-refractivity contribution in [3.63, 3.8) is 0 Å². The van der Waals surface area contributed by atoms with Crippen molar-refractivity contribution in [2.75, 3.05) is 33.4 Å². The molecule has 1 aliphatic rings.